The quantitative estimate of drug-likeness (QED) is 0.793. The Bertz CT molecular complexity index is 382. The molecule has 2 N–H and O–H groups in total. The highest BCUT2D eigenvalue weighted by atomic mass is 79.9. The van der Waals surface area contributed by atoms with Crippen LogP contribution >= 0.6 is 15.9 Å². The first-order valence-electron chi connectivity index (χ1n) is 5.49. The minimum absolute atomic E-state index is 0.0180. The highest BCUT2D eigenvalue weighted by Gasteiger charge is 2.10. The molecular formula is C12H16BrNO3. The maximum atomic E-state index is 11.7. The number of nitrogens with one attached hydrogen (secondary N) is 1. The lowest BCUT2D eigenvalue weighted by atomic mass is 10.2. The fraction of sp³-hybridized carbons (Fsp3) is 0.417. The van der Waals surface area contributed by atoms with Gasteiger partial charge in [-0.15, -0.1) is 0 Å². The molecule has 1 rings (SSSR count). The van der Waals surface area contributed by atoms with Crippen molar-refractivity contribution < 1.29 is 14.6 Å². The van der Waals surface area contributed by atoms with Crippen molar-refractivity contribution >= 4 is 21.8 Å². The van der Waals surface area contributed by atoms with Crippen molar-refractivity contribution in [2.45, 2.75) is 13.3 Å². The van der Waals surface area contributed by atoms with Crippen molar-refractivity contribution in [2.75, 3.05) is 19.8 Å². The van der Waals surface area contributed by atoms with E-state index in [1.807, 2.05) is 6.92 Å². The van der Waals surface area contributed by atoms with Crippen LogP contribution in [0.1, 0.15) is 23.7 Å². The van der Waals surface area contributed by atoms with Gasteiger partial charge in [-0.25, -0.2) is 0 Å². The van der Waals surface area contributed by atoms with Crippen LogP contribution in [0.15, 0.2) is 22.7 Å². The Morgan fingerprint density at radius 1 is 1.53 bits per heavy atom. The Morgan fingerprint density at radius 2 is 2.29 bits per heavy atom. The van der Waals surface area contributed by atoms with E-state index in [9.17, 15) is 9.90 Å². The first-order valence-corrected chi connectivity index (χ1v) is 6.29. The van der Waals surface area contributed by atoms with E-state index in [1.165, 1.54) is 6.07 Å². The first kappa shape index (κ1) is 14.0. The topological polar surface area (TPSA) is 58.6 Å². The number of phenolic OH excluding ortho intramolecular Hbond substituents is 1. The molecule has 0 radical (unpaired) electrons. The van der Waals surface area contributed by atoms with Crippen molar-refractivity contribution in [3.05, 3.63) is 28.2 Å². The van der Waals surface area contributed by atoms with Crippen LogP contribution in [0.5, 0.6) is 5.75 Å². The van der Waals surface area contributed by atoms with Gasteiger partial charge in [-0.3, -0.25) is 4.79 Å². The number of hydrogen-bond donors (Lipinski definition) is 2. The largest absolute Gasteiger partial charge is 0.507 e. The summed E-state index contributed by atoms with van der Waals surface area (Å²) in [5, 5.41) is 12.3. The summed E-state index contributed by atoms with van der Waals surface area (Å²) in [5.41, 5.74) is 0.274. The maximum absolute atomic E-state index is 11.7. The lowest BCUT2D eigenvalue weighted by Gasteiger charge is -2.07. The van der Waals surface area contributed by atoms with Crippen LogP contribution in [0.3, 0.4) is 0 Å². The Labute approximate surface area is 109 Å². The summed E-state index contributed by atoms with van der Waals surface area (Å²) in [6.07, 6.45) is 0.758. The minimum atomic E-state index is -0.278. The standard InChI is InChI=1S/C12H16BrNO3/c1-2-17-7-3-6-14-12(16)10-8-9(13)4-5-11(10)15/h4-5,8,15H,2-3,6-7H2,1H3,(H,14,16). The smallest absolute Gasteiger partial charge is 0.255 e. The van der Waals surface area contributed by atoms with Gasteiger partial charge in [-0.05, 0) is 31.5 Å². The lowest BCUT2D eigenvalue weighted by Crippen LogP contribution is -2.25. The SMILES string of the molecule is CCOCCCNC(=O)c1cc(Br)ccc1O. The van der Waals surface area contributed by atoms with E-state index in [2.05, 4.69) is 21.2 Å². The number of phenols is 1. The Kier molecular flexibility index (Phi) is 6.00. The van der Waals surface area contributed by atoms with Crippen molar-refractivity contribution in [2.24, 2.45) is 0 Å². The van der Waals surface area contributed by atoms with Gasteiger partial charge in [0.05, 0.1) is 5.56 Å². The van der Waals surface area contributed by atoms with E-state index < -0.39 is 0 Å². The van der Waals surface area contributed by atoms with E-state index >= 15 is 0 Å². The summed E-state index contributed by atoms with van der Waals surface area (Å²) in [6.45, 7) is 3.77. The summed E-state index contributed by atoms with van der Waals surface area (Å²) < 4.78 is 5.91. The number of halogens is 1. The summed E-state index contributed by atoms with van der Waals surface area (Å²) in [5.74, 6) is -0.296. The number of hydrogen-bond acceptors (Lipinski definition) is 3. The number of amides is 1. The van der Waals surface area contributed by atoms with Gasteiger partial charge in [0, 0.05) is 24.2 Å². The molecule has 0 atom stereocenters. The highest BCUT2D eigenvalue weighted by Crippen LogP contribution is 2.21. The zero-order chi connectivity index (χ0) is 12.7. The molecule has 0 aliphatic carbocycles. The second-order valence-electron chi connectivity index (χ2n) is 3.47. The molecule has 1 aromatic rings. The molecule has 94 valence electrons. The first-order chi connectivity index (χ1) is 8.15. The van der Waals surface area contributed by atoms with Crippen LogP contribution < -0.4 is 5.32 Å². The van der Waals surface area contributed by atoms with E-state index in [-0.39, 0.29) is 17.2 Å². The number of benzene rings is 1. The highest BCUT2D eigenvalue weighted by molar-refractivity contribution is 9.10. The second-order valence-corrected chi connectivity index (χ2v) is 4.38. The average molecular weight is 302 g/mol. The molecule has 0 spiro atoms. The summed E-state index contributed by atoms with van der Waals surface area (Å²) in [4.78, 5) is 11.7. The van der Waals surface area contributed by atoms with Gasteiger partial charge in [0.15, 0.2) is 0 Å². The Hall–Kier alpha value is -1.07. The van der Waals surface area contributed by atoms with Gasteiger partial charge in [-0.2, -0.15) is 0 Å². The number of aromatic hydroxyl groups is 1. The fourth-order valence-electron chi connectivity index (χ4n) is 1.31. The lowest BCUT2D eigenvalue weighted by molar-refractivity contribution is 0.0941. The van der Waals surface area contributed by atoms with Crippen molar-refractivity contribution in [3.63, 3.8) is 0 Å². The zero-order valence-corrected chi connectivity index (χ0v) is 11.3. The van der Waals surface area contributed by atoms with Crippen LogP contribution in [-0.4, -0.2) is 30.8 Å². The zero-order valence-electron chi connectivity index (χ0n) is 9.70. The molecule has 0 heterocycles. The maximum Gasteiger partial charge on any atom is 0.255 e. The van der Waals surface area contributed by atoms with Gasteiger partial charge in [0.25, 0.3) is 5.91 Å². The molecule has 5 heteroatoms. The molecule has 0 aromatic heterocycles. The van der Waals surface area contributed by atoms with Gasteiger partial charge < -0.3 is 15.2 Å². The van der Waals surface area contributed by atoms with Gasteiger partial charge in [0.1, 0.15) is 5.75 Å². The molecule has 0 saturated carbocycles. The predicted molar refractivity (Wildman–Crippen MR) is 69.3 cm³/mol. The van der Waals surface area contributed by atoms with Crippen LogP contribution in [0.4, 0.5) is 0 Å². The number of carbonyl (C=O) groups is 1. The third-order valence-corrected chi connectivity index (χ3v) is 2.65. The summed E-state index contributed by atoms with van der Waals surface area (Å²) in [7, 11) is 0. The summed E-state index contributed by atoms with van der Waals surface area (Å²) in [6, 6.07) is 4.76. The number of rotatable bonds is 6. The van der Waals surface area contributed by atoms with E-state index in [1.54, 1.807) is 12.1 Å². The molecule has 0 saturated heterocycles. The molecule has 4 nitrogen and oxygen atoms in total. The van der Waals surface area contributed by atoms with Crippen molar-refractivity contribution in [1.29, 1.82) is 0 Å². The fourth-order valence-corrected chi connectivity index (χ4v) is 1.67. The summed E-state index contributed by atoms with van der Waals surface area (Å²) >= 11 is 3.26. The van der Waals surface area contributed by atoms with E-state index in [0.717, 1.165) is 10.9 Å². The Morgan fingerprint density at radius 3 is 3.00 bits per heavy atom. The molecule has 1 aromatic carbocycles. The molecule has 1 amide bonds. The number of carbonyl (C=O) groups excluding carboxylic acids is 1. The normalized spacial score (nSPS) is 10.2. The third-order valence-electron chi connectivity index (χ3n) is 2.16. The van der Waals surface area contributed by atoms with Crippen LogP contribution in [0, 0.1) is 0 Å². The molecule has 0 fully saturated rings. The third kappa shape index (κ3) is 4.75. The Balaban J connectivity index is 2.44. The van der Waals surface area contributed by atoms with Crippen LogP contribution in [-0.2, 0) is 4.74 Å². The van der Waals surface area contributed by atoms with Crippen molar-refractivity contribution in [3.8, 4) is 5.75 Å². The van der Waals surface area contributed by atoms with Gasteiger partial charge >= 0.3 is 0 Å². The molecule has 0 aliphatic heterocycles. The van der Waals surface area contributed by atoms with E-state index in [0.29, 0.717) is 19.8 Å². The molecule has 0 bridgehead atoms. The average Bonchev–Trinajstić information content (AvgIpc) is 2.32. The van der Waals surface area contributed by atoms with Crippen LogP contribution in [0.25, 0.3) is 0 Å². The molecule has 0 aliphatic rings. The molecule has 17 heavy (non-hydrogen) atoms. The van der Waals surface area contributed by atoms with Crippen molar-refractivity contribution in [1.82, 2.24) is 5.32 Å². The van der Waals surface area contributed by atoms with E-state index in [4.69, 9.17) is 4.74 Å². The monoisotopic (exact) mass is 301 g/mol. The number of ether oxygens (including phenoxy) is 1. The molecular weight excluding hydrogens is 286 g/mol. The van der Waals surface area contributed by atoms with Gasteiger partial charge in [0.2, 0.25) is 0 Å². The van der Waals surface area contributed by atoms with Crippen LogP contribution in [0.2, 0.25) is 0 Å². The predicted octanol–water partition coefficient (Wildman–Crippen LogP) is 2.31. The van der Waals surface area contributed by atoms with Gasteiger partial charge in [-0.1, -0.05) is 15.9 Å². The second kappa shape index (κ2) is 7.29. The molecule has 0 unspecified atom stereocenters. The minimum Gasteiger partial charge on any atom is -0.507 e.